The lowest BCUT2D eigenvalue weighted by Crippen LogP contribution is -2.12. The average Bonchev–Trinajstić information content (AvgIpc) is 1.63. The number of rotatable bonds is 3. The van der Waals surface area contributed by atoms with Crippen LogP contribution in [0.15, 0.2) is 0 Å². The van der Waals surface area contributed by atoms with Gasteiger partial charge in [-0.05, 0) is 0 Å². The van der Waals surface area contributed by atoms with E-state index in [1.54, 1.807) is 0 Å². The number of hydrogen-bond donors (Lipinski definition) is 1. The van der Waals surface area contributed by atoms with Crippen LogP contribution >= 0.6 is 0 Å². The number of alkyl halides is 2. The molecule has 4 heteroatoms. The first-order chi connectivity index (χ1) is 4.04. The molecule has 0 bridgehead atoms. The molecule has 0 spiro atoms. The van der Waals surface area contributed by atoms with Gasteiger partial charge in [-0.3, -0.25) is 4.79 Å². The Morgan fingerprint density at radius 3 is 2.22 bits per heavy atom. The van der Waals surface area contributed by atoms with Crippen molar-refractivity contribution in [2.75, 3.05) is 0 Å². The van der Waals surface area contributed by atoms with Crippen molar-refractivity contribution in [1.29, 1.82) is 0 Å². The quantitative estimate of drug-likeness (QED) is 0.639. The molecule has 0 fully saturated rings. The largest absolute Gasteiger partial charge is 0.481 e. The van der Waals surface area contributed by atoms with Crippen LogP contribution < -0.4 is 0 Å². The predicted octanol–water partition coefficient (Wildman–Crippen LogP) is 1.36. The van der Waals surface area contributed by atoms with Gasteiger partial charge in [-0.25, -0.2) is 8.78 Å². The van der Waals surface area contributed by atoms with Gasteiger partial charge in [0.05, 0.1) is 5.92 Å². The number of hydrogen-bond acceptors (Lipinski definition) is 1. The highest BCUT2D eigenvalue weighted by Gasteiger charge is 2.15. The van der Waals surface area contributed by atoms with E-state index in [0.717, 1.165) is 0 Å². The Kier molecular flexibility index (Phi) is 3.12. The first-order valence-corrected chi connectivity index (χ1v) is 2.55. The van der Waals surface area contributed by atoms with E-state index in [0.29, 0.717) is 0 Å². The lowest BCUT2D eigenvalue weighted by molar-refractivity contribution is -0.142. The molecule has 0 aliphatic carbocycles. The van der Waals surface area contributed by atoms with Crippen LogP contribution in [0.5, 0.6) is 0 Å². The molecule has 0 amide bonds. The fourth-order valence-corrected chi connectivity index (χ4v) is 0.368. The highest BCUT2D eigenvalue weighted by atomic mass is 19.3. The fraction of sp³-hybridized carbons (Fsp3) is 0.800. The van der Waals surface area contributed by atoms with Crippen molar-refractivity contribution in [3.63, 3.8) is 0 Å². The predicted molar refractivity (Wildman–Crippen MR) is 27.4 cm³/mol. The van der Waals surface area contributed by atoms with E-state index in [9.17, 15) is 13.6 Å². The lowest BCUT2D eigenvalue weighted by Gasteiger charge is -2.02. The third-order valence-corrected chi connectivity index (χ3v) is 0.953. The molecule has 0 aromatic heterocycles. The Labute approximate surface area is 51.5 Å². The molecular weight excluding hydrogens is 130 g/mol. The third-order valence-electron chi connectivity index (χ3n) is 0.953. The molecule has 1 atom stereocenters. The molecule has 0 rings (SSSR count). The van der Waals surface area contributed by atoms with Crippen LogP contribution in [0.4, 0.5) is 8.78 Å². The summed E-state index contributed by atoms with van der Waals surface area (Å²) in [5.74, 6) is -2.11. The van der Waals surface area contributed by atoms with E-state index < -0.39 is 24.7 Å². The van der Waals surface area contributed by atoms with Crippen molar-refractivity contribution in [3.8, 4) is 0 Å². The minimum atomic E-state index is -2.52. The number of carbonyl (C=O) groups is 1. The Bertz CT molecular complexity index is 103. The van der Waals surface area contributed by atoms with E-state index in [4.69, 9.17) is 5.11 Å². The van der Waals surface area contributed by atoms with Gasteiger partial charge in [0.15, 0.2) is 0 Å². The molecule has 1 N–H and O–H groups in total. The van der Waals surface area contributed by atoms with Crippen molar-refractivity contribution in [1.82, 2.24) is 0 Å². The molecule has 0 aromatic carbocycles. The summed E-state index contributed by atoms with van der Waals surface area (Å²) in [6.45, 7) is 1.26. The summed E-state index contributed by atoms with van der Waals surface area (Å²) in [4.78, 5) is 9.90. The maximum Gasteiger partial charge on any atom is 0.306 e. The van der Waals surface area contributed by atoms with Crippen molar-refractivity contribution in [3.05, 3.63) is 0 Å². The Hall–Kier alpha value is -0.670. The Balaban J connectivity index is 3.50. The maximum absolute atomic E-state index is 11.4. The normalized spacial score (nSPS) is 13.8. The summed E-state index contributed by atoms with van der Waals surface area (Å²) in [7, 11) is 0. The zero-order chi connectivity index (χ0) is 7.44. The summed E-state index contributed by atoms with van der Waals surface area (Å²) in [6, 6.07) is 0. The molecule has 0 heterocycles. The van der Waals surface area contributed by atoms with Gasteiger partial charge in [0.25, 0.3) is 0 Å². The summed E-state index contributed by atoms with van der Waals surface area (Å²) in [5, 5.41) is 8.10. The highest BCUT2D eigenvalue weighted by Crippen LogP contribution is 2.09. The summed E-state index contributed by atoms with van der Waals surface area (Å²) in [6.07, 6.45) is -3.08. The minimum Gasteiger partial charge on any atom is -0.481 e. The zero-order valence-corrected chi connectivity index (χ0v) is 4.97. The van der Waals surface area contributed by atoms with Gasteiger partial charge in [0.2, 0.25) is 6.43 Å². The van der Waals surface area contributed by atoms with Crippen LogP contribution in [0.2, 0.25) is 0 Å². The first-order valence-electron chi connectivity index (χ1n) is 2.55. The van der Waals surface area contributed by atoms with E-state index in [-0.39, 0.29) is 0 Å². The van der Waals surface area contributed by atoms with Gasteiger partial charge in [-0.1, -0.05) is 6.92 Å². The molecule has 0 aromatic rings. The second-order valence-electron chi connectivity index (χ2n) is 1.87. The van der Waals surface area contributed by atoms with Crippen molar-refractivity contribution in [2.45, 2.75) is 19.8 Å². The Morgan fingerprint density at radius 2 is 2.11 bits per heavy atom. The van der Waals surface area contributed by atoms with Crippen LogP contribution in [0.3, 0.4) is 0 Å². The Morgan fingerprint density at radius 1 is 1.67 bits per heavy atom. The molecule has 9 heavy (non-hydrogen) atoms. The van der Waals surface area contributed by atoms with E-state index in [1.165, 1.54) is 6.92 Å². The molecule has 2 nitrogen and oxygen atoms in total. The van der Waals surface area contributed by atoms with E-state index in [1.807, 2.05) is 0 Å². The number of halogens is 2. The monoisotopic (exact) mass is 138 g/mol. The highest BCUT2D eigenvalue weighted by molar-refractivity contribution is 5.69. The molecule has 0 radical (unpaired) electrons. The van der Waals surface area contributed by atoms with Crippen LogP contribution in [-0.2, 0) is 4.79 Å². The van der Waals surface area contributed by atoms with E-state index in [2.05, 4.69) is 0 Å². The average molecular weight is 138 g/mol. The van der Waals surface area contributed by atoms with E-state index >= 15 is 0 Å². The standard InChI is InChI=1S/C5H8F2O2/c1-3(5(8)9)2-4(6)7/h3-4H,2H2,1H3,(H,8,9). The third kappa shape index (κ3) is 3.88. The molecular formula is C5H8F2O2. The van der Waals surface area contributed by atoms with Gasteiger partial charge < -0.3 is 5.11 Å². The molecule has 54 valence electrons. The smallest absolute Gasteiger partial charge is 0.306 e. The van der Waals surface area contributed by atoms with Crippen molar-refractivity contribution in [2.24, 2.45) is 5.92 Å². The number of carboxylic acids is 1. The van der Waals surface area contributed by atoms with Crippen LogP contribution in [0.1, 0.15) is 13.3 Å². The topological polar surface area (TPSA) is 37.3 Å². The molecule has 0 aliphatic rings. The van der Waals surface area contributed by atoms with Crippen LogP contribution in [0.25, 0.3) is 0 Å². The minimum absolute atomic E-state index is 0.560. The van der Waals surface area contributed by atoms with Gasteiger partial charge >= 0.3 is 5.97 Å². The maximum atomic E-state index is 11.4. The number of carboxylic acid groups (broad SMARTS) is 1. The van der Waals surface area contributed by atoms with Gasteiger partial charge in [0.1, 0.15) is 0 Å². The molecule has 0 saturated carbocycles. The second kappa shape index (κ2) is 3.37. The summed E-state index contributed by atoms with van der Waals surface area (Å²) in [5.41, 5.74) is 0. The zero-order valence-electron chi connectivity index (χ0n) is 4.97. The number of aliphatic carboxylic acids is 1. The van der Waals surface area contributed by atoms with Crippen molar-refractivity contribution >= 4 is 5.97 Å². The van der Waals surface area contributed by atoms with Crippen LogP contribution in [0, 0.1) is 5.92 Å². The summed E-state index contributed by atoms with van der Waals surface area (Å²) >= 11 is 0. The van der Waals surface area contributed by atoms with Crippen LogP contribution in [-0.4, -0.2) is 17.5 Å². The van der Waals surface area contributed by atoms with Crippen molar-refractivity contribution < 1.29 is 18.7 Å². The second-order valence-corrected chi connectivity index (χ2v) is 1.87. The fourth-order valence-electron chi connectivity index (χ4n) is 0.368. The summed E-state index contributed by atoms with van der Waals surface area (Å²) < 4.78 is 22.8. The first kappa shape index (κ1) is 8.33. The lowest BCUT2D eigenvalue weighted by atomic mass is 10.1. The van der Waals surface area contributed by atoms with Gasteiger partial charge in [0, 0.05) is 6.42 Å². The van der Waals surface area contributed by atoms with Gasteiger partial charge in [-0.2, -0.15) is 0 Å². The van der Waals surface area contributed by atoms with Gasteiger partial charge in [-0.15, -0.1) is 0 Å². The molecule has 0 aliphatic heterocycles. The molecule has 0 saturated heterocycles. The SMILES string of the molecule is CC(CC(F)F)C(=O)O. The molecule has 1 unspecified atom stereocenters.